The van der Waals surface area contributed by atoms with Crippen LogP contribution in [0.25, 0.3) is 122 Å². The van der Waals surface area contributed by atoms with Crippen molar-refractivity contribution in [1.82, 2.24) is 0 Å². The predicted octanol–water partition coefficient (Wildman–Crippen LogP) is 17.2. The van der Waals surface area contributed by atoms with Gasteiger partial charge in [0.25, 0.3) is 0 Å². The van der Waals surface area contributed by atoms with Gasteiger partial charge in [-0.1, -0.05) is 231 Å². The molecule has 0 bridgehead atoms. The zero-order chi connectivity index (χ0) is 50.5. The van der Waals surface area contributed by atoms with Gasteiger partial charge in [0, 0.05) is 66.8 Å². The Morgan fingerprint density at radius 3 is 0.684 bits per heavy atom. The van der Waals surface area contributed by atoms with E-state index in [1.165, 1.54) is 0 Å². The molecule has 4 heteroatoms. The van der Waals surface area contributed by atoms with Gasteiger partial charge in [0.2, 0.25) is 0 Å². The number of rotatable bonds is 5. The highest BCUT2D eigenvalue weighted by Gasteiger charge is 2.45. The van der Waals surface area contributed by atoms with Gasteiger partial charge in [-0.2, -0.15) is 0 Å². The standard InChI is InChI=1S/C72H38O4/c73-69-51-37-17-31-45(59(51)71(75)67-57(43-23-9-3-10-24-43)63-49-35-15-29-39-27-13-33-47(53(39)49)61(63)55(65(67)69)41-19-5-1-6-20-41)46-32-18-38-52-60(46)72(76)68-58(44-25-11-4-12-26-44)64-50-36-16-30-40-28-14-34-48(54(40)50)62(64)56(66(68)70(52)74)42-21-7-2-8-22-42/h1-38H. The van der Waals surface area contributed by atoms with Crippen molar-refractivity contribution < 1.29 is 19.2 Å². The van der Waals surface area contributed by atoms with Gasteiger partial charge in [-0.15, -0.1) is 0 Å². The minimum absolute atomic E-state index is 0.202. The van der Waals surface area contributed by atoms with Crippen LogP contribution in [0, 0.1) is 0 Å². The summed E-state index contributed by atoms with van der Waals surface area (Å²) < 4.78 is 0. The topological polar surface area (TPSA) is 68.3 Å². The first kappa shape index (κ1) is 42.4. The fourth-order valence-corrected chi connectivity index (χ4v) is 13.5. The maximum Gasteiger partial charge on any atom is 0.195 e. The third-order valence-electron chi connectivity index (χ3n) is 16.4. The minimum atomic E-state index is -0.324. The second kappa shape index (κ2) is 15.7. The molecule has 0 atom stereocenters. The van der Waals surface area contributed by atoms with Crippen LogP contribution < -0.4 is 0 Å². The summed E-state index contributed by atoms with van der Waals surface area (Å²) in [7, 11) is 0. The smallest absolute Gasteiger partial charge is 0.195 e. The molecule has 0 aromatic heterocycles. The molecule has 350 valence electrons. The zero-order valence-corrected chi connectivity index (χ0v) is 40.6. The predicted molar refractivity (Wildman–Crippen MR) is 304 cm³/mol. The van der Waals surface area contributed by atoms with Crippen molar-refractivity contribution in [2.45, 2.75) is 0 Å². The Labute approximate surface area is 436 Å². The van der Waals surface area contributed by atoms with Crippen LogP contribution in [0.5, 0.6) is 0 Å². The third-order valence-corrected chi connectivity index (χ3v) is 16.4. The van der Waals surface area contributed by atoms with E-state index >= 15 is 19.2 Å². The lowest BCUT2D eigenvalue weighted by Gasteiger charge is -2.30. The fraction of sp³-hybridized carbons (Fsp3) is 0. The molecule has 4 aliphatic carbocycles. The van der Waals surface area contributed by atoms with Gasteiger partial charge in [0.15, 0.2) is 23.1 Å². The normalized spacial score (nSPS) is 13.1. The van der Waals surface area contributed by atoms with Crippen molar-refractivity contribution in [2.24, 2.45) is 0 Å². The molecule has 0 unspecified atom stereocenters. The molecule has 0 amide bonds. The van der Waals surface area contributed by atoms with E-state index in [0.29, 0.717) is 55.6 Å². The van der Waals surface area contributed by atoms with E-state index in [-0.39, 0.29) is 45.4 Å². The third kappa shape index (κ3) is 5.51. The maximum atomic E-state index is 16.5. The number of hydrogen-bond acceptors (Lipinski definition) is 4. The molecule has 0 saturated carbocycles. The molecule has 0 saturated heterocycles. The summed E-state index contributed by atoms with van der Waals surface area (Å²) >= 11 is 0. The van der Waals surface area contributed by atoms with Crippen LogP contribution in [0.3, 0.4) is 0 Å². The Bertz CT molecular complexity index is 4350. The lowest BCUT2D eigenvalue weighted by Crippen LogP contribution is -2.26. The van der Waals surface area contributed by atoms with E-state index < -0.39 is 0 Å². The summed E-state index contributed by atoms with van der Waals surface area (Å²) in [5.74, 6) is -1.21. The molecule has 4 aliphatic rings. The van der Waals surface area contributed by atoms with Crippen LogP contribution in [0.4, 0.5) is 0 Å². The van der Waals surface area contributed by atoms with Gasteiger partial charge < -0.3 is 0 Å². The van der Waals surface area contributed by atoms with Gasteiger partial charge in [-0.25, -0.2) is 0 Å². The van der Waals surface area contributed by atoms with Crippen molar-refractivity contribution in [3.63, 3.8) is 0 Å². The molecule has 0 aliphatic heterocycles. The maximum absolute atomic E-state index is 16.5. The van der Waals surface area contributed by atoms with Crippen molar-refractivity contribution in [3.8, 4) is 100 Å². The van der Waals surface area contributed by atoms with Crippen molar-refractivity contribution in [1.29, 1.82) is 0 Å². The number of carbonyl (C=O) groups is 4. The summed E-state index contributed by atoms with van der Waals surface area (Å²) in [6.45, 7) is 0. The Hall–Kier alpha value is -10.2. The first-order valence-electron chi connectivity index (χ1n) is 25.7. The Morgan fingerprint density at radius 2 is 0.395 bits per heavy atom. The molecule has 4 nitrogen and oxygen atoms in total. The Morgan fingerprint density at radius 1 is 0.158 bits per heavy atom. The second-order valence-electron chi connectivity index (χ2n) is 20.2. The molecule has 0 fully saturated rings. The first-order valence-corrected chi connectivity index (χ1v) is 25.7. The SMILES string of the molecule is O=C1c2cccc(-c3cccc4c3C(=O)c3c(c(-c5ccccc5)c5c(c3-c3ccccc3)-c3cccc6cccc-5c36)C4=O)c2C(=O)c2c1c(-c1ccccc1)c1c(c2-c2ccccc2)-c2cccc3cccc-1c23. The fourth-order valence-electron chi connectivity index (χ4n) is 13.5. The number of ketones is 4. The van der Waals surface area contributed by atoms with Crippen molar-refractivity contribution >= 4 is 44.7 Å². The number of fused-ring (bicyclic) bond motifs is 10. The first-order chi connectivity index (χ1) is 37.5. The molecule has 16 rings (SSSR count). The molecule has 12 aromatic carbocycles. The molecule has 0 heterocycles. The van der Waals surface area contributed by atoms with E-state index in [9.17, 15) is 0 Å². The lowest BCUT2D eigenvalue weighted by atomic mass is 9.70. The van der Waals surface area contributed by atoms with Crippen LogP contribution in [0.2, 0.25) is 0 Å². The summed E-state index contributed by atoms with van der Waals surface area (Å²) in [4.78, 5) is 65.2. The summed E-state index contributed by atoms with van der Waals surface area (Å²) in [5.41, 5.74) is 16.8. The summed E-state index contributed by atoms with van der Waals surface area (Å²) in [5, 5.41) is 4.28. The average molecular weight is 967 g/mol. The van der Waals surface area contributed by atoms with Gasteiger partial charge in [0.1, 0.15) is 0 Å². The minimum Gasteiger partial charge on any atom is -0.289 e. The van der Waals surface area contributed by atoms with Gasteiger partial charge >= 0.3 is 0 Å². The lowest BCUT2D eigenvalue weighted by molar-refractivity contribution is 0.0979. The Kier molecular flexibility index (Phi) is 8.74. The van der Waals surface area contributed by atoms with Gasteiger partial charge in [0.05, 0.1) is 0 Å². The average Bonchev–Trinajstić information content (AvgIpc) is 4.02. The molecular weight excluding hydrogens is 929 g/mol. The van der Waals surface area contributed by atoms with Gasteiger partial charge in [-0.3, -0.25) is 19.2 Å². The van der Waals surface area contributed by atoms with Crippen LogP contribution >= 0.6 is 0 Å². The second-order valence-corrected chi connectivity index (χ2v) is 20.2. The zero-order valence-electron chi connectivity index (χ0n) is 40.6. The number of hydrogen-bond donors (Lipinski definition) is 0. The molecule has 0 spiro atoms. The highest BCUT2D eigenvalue weighted by Crippen LogP contribution is 2.61. The highest BCUT2D eigenvalue weighted by molar-refractivity contribution is 6.40. The largest absolute Gasteiger partial charge is 0.289 e. The van der Waals surface area contributed by atoms with Crippen molar-refractivity contribution in [2.75, 3.05) is 0 Å². The molecule has 76 heavy (non-hydrogen) atoms. The van der Waals surface area contributed by atoms with E-state index in [1.807, 2.05) is 133 Å². The quantitative estimate of drug-likeness (QED) is 0.172. The monoisotopic (exact) mass is 966 g/mol. The molecule has 0 radical (unpaired) electrons. The summed E-state index contributed by atoms with van der Waals surface area (Å²) in [6.07, 6.45) is 0. The number of carbonyl (C=O) groups excluding carboxylic acids is 4. The van der Waals surface area contributed by atoms with Crippen LogP contribution in [0.1, 0.15) is 63.7 Å². The number of benzene rings is 12. The molecule has 0 N–H and O–H groups in total. The van der Waals surface area contributed by atoms with Gasteiger partial charge in [-0.05, 0) is 99.4 Å². The van der Waals surface area contributed by atoms with Crippen LogP contribution in [-0.4, -0.2) is 23.1 Å². The van der Waals surface area contributed by atoms with Crippen LogP contribution in [0.15, 0.2) is 231 Å². The van der Waals surface area contributed by atoms with E-state index in [1.54, 1.807) is 24.3 Å². The highest BCUT2D eigenvalue weighted by atomic mass is 16.1. The van der Waals surface area contributed by atoms with E-state index in [4.69, 9.17) is 0 Å². The molecular formula is C72H38O4. The van der Waals surface area contributed by atoms with Crippen LogP contribution in [-0.2, 0) is 0 Å². The summed E-state index contributed by atoms with van der Waals surface area (Å²) in [6, 6.07) is 75.6. The van der Waals surface area contributed by atoms with E-state index in [0.717, 1.165) is 88.3 Å². The van der Waals surface area contributed by atoms with E-state index in [2.05, 4.69) is 72.8 Å². The van der Waals surface area contributed by atoms with Crippen molar-refractivity contribution in [3.05, 3.63) is 275 Å². The Balaban J connectivity index is 0.985. The molecule has 12 aromatic rings.